The largest absolute Gasteiger partial charge is 0.347 e. The number of halogens is 1. The molecule has 1 saturated heterocycles. The third-order valence-corrected chi connectivity index (χ3v) is 4.59. The average Bonchev–Trinajstić information content (AvgIpc) is 3.24. The second-order valence-corrected chi connectivity index (χ2v) is 6.18. The molecule has 1 aliphatic heterocycles. The lowest BCUT2D eigenvalue weighted by Gasteiger charge is -2.10. The van der Waals surface area contributed by atoms with E-state index in [1.165, 1.54) is 12.1 Å². The quantitative estimate of drug-likeness (QED) is 0.904. The molecule has 4 rings (SSSR count). The lowest BCUT2D eigenvalue weighted by molar-refractivity contribution is 0.0933. The third-order valence-electron chi connectivity index (χ3n) is 4.59. The number of aromatic nitrogens is 2. The number of hydrogen-bond donors (Lipinski definition) is 2. The fourth-order valence-electron chi connectivity index (χ4n) is 3.47. The van der Waals surface area contributed by atoms with Gasteiger partial charge in [0, 0.05) is 23.8 Å². The van der Waals surface area contributed by atoms with E-state index in [0.29, 0.717) is 11.4 Å². The Labute approximate surface area is 133 Å². The Bertz CT molecular complexity index is 749. The molecule has 1 aromatic carbocycles. The Morgan fingerprint density at radius 2 is 2.30 bits per heavy atom. The van der Waals surface area contributed by atoms with Gasteiger partial charge >= 0.3 is 0 Å². The van der Waals surface area contributed by atoms with E-state index in [1.54, 1.807) is 10.7 Å². The Kier molecular flexibility index (Phi) is 3.61. The number of carbonyl (C=O) groups is 1. The summed E-state index contributed by atoms with van der Waals surface area (Å²) >= 11 is 0. The van der Waals surface area contributed by atoms with Crippen LogP contribution in [0.15, 0.2) is 24.3 Å². The van der Waals surface area contributed by atoms with Crippen molar-refractivity contribution in [2.75, 3.05) is 13.1 Å². The fourth-order valence-corrected chi connectivity index (χ4v) is 3.47. The number of amides is 1. The normalized spacial score (nSPS) is 19.8. The van der Waals surface area contributed by atoms with Gasteiger partial charge in [-0.25, -0.2) is 9.07 Å². The van der Waals surface area contributed by atoms with E-state index in [2.05, 4.69) is 15.7 Å². The minimum absolute atomic E-state index is 0.119. The number of benzene rings is 1. The highest BCUT2D eigenvalue weighted by Gasteiger charge is 2.28. The van der Waals surface area contributed by atoms with Crippen LogP contribution < -0.4 is 10.6 Å². The van der Waals surface area contributed by atoms with Crippen LogP contribution in [0.2, 0.25) is 0 Å². The number of rotatable bonds is 3. The minimum Gasteiger partial charge on any atom is -0.347 e. The van der Waals surface area contributed by atoms with Gasteiger partial charge in [-0.1, -0.05) is 6.07 Å². The van der Waals surface area contributed by atoms with Gasteiger partial charge in [-0.05, 0) is 50.4 Å². The number of nitrogens with one attached hydrogen (secondary N) is 2. The van der Waals surface area contributed by atoms with Crippen LogP contribution in [0.5, 0.6) is 0 Å². The molecule has 120 valence electrons. The van der Waals surface area contributed by atoms with E-state index in [0.717, 1.165) is 50.0 Å². The zero-order valence-corrected chi connectivity index (χ0v) is 12.8. The monoisotopic (exact) mass is 314 g/mol. The van der Waals surface area contributed by atoms with Gasteiger partial charge in [-0.15, -0.1) is 0 Å². The summed E-state index contributed by atoms with van der Waals surface area (Å²) in [5, 5.41) is 10.8. The van der Waals surface area contributed by atoms with E-state index in [1.807, 2.05) is 6.07 Å². The molecule has 1 aliphatic carbocycles. The summed E-state index contributed by atoms with van der Waals surface area (Å²) in [4.78, 5) is 12.6. The second-order valence-electron chi connectivity index (χ2n) is 6.18. The molecule has 1 amide bonds. The van der Waals surface area contributed by atoms with E-state index < -0.39 is 0 Å². The van der Waals surface area contributed by atoms with Gasteiger partial charge in [-0.2, -0.15) is 5.10 Å². The summed E-state index contributed by atoms with van der Waals surface area (Å²) < 4.78 is 15.2. The van der Waals surface area contributed by atoms with Gasteiger partial charge < -0.3 is 10.6 Å². The van der Waals surface area contributed by atoms with Crippen LogP contribution in [0.4, 0.5) is 4.39 Å². The maximum Gasteiger partial charge on any atom is 0.272 e. The van der Waals surface area contributed by atoms with Crippen molar-refractivity contribution in [2.24, 2.45) is 0 Å². The predicted molar refractivity (Wildman–Crippen MR) is 84.3 cm³/mol. The Hall–Kier alpha value is -2.21. The number of hydrogen-bond acceptors (Lipinski definition) is 3. The van der Waals surface area contributed by atoms with Gasteiger partial charge in [0.1, 0.15) is 5.82 Å². The lowest BCUT2D eigenvalue weighted by atomic mass is 10.1. The molecule has 1 atom stereocenters. The summed E-state index contributed by atoms with van der Waals surface area (Å²) in [6.07, 6.45) is 3.68. The molecule has 2 aromatic rings. The summed E-state index contributed by atoms with van der Waals surface area (Å²) in [6.45, 7) is 1.74. The second kappa shape index (κ2) is 5.77. The summed E-state index contributed by atoms with van der Waals surface area (Å²) in [7, 11) is 0. The number of carbonyl (C=O) groups excluding carboxylic acids is 1. The molecule has 2 N–H and O–H groups in total. The highest BCUT2D eigenvalue weighted by Crippen LogP contribution is 2.28. The topological polar surface area (TPSA) is 59.0 Å². The van der Waals surface area contributed by atoms with Crippen LogP contribution in [-0.2, 0) is 12.8 Å². The molecule has 0 bridgehead atoms. The maximum atomic E-state index is 13.5. The van der Waals surface area contributed by atoms with Crippen LogP contribution in [0.25, 0.3) is 5.69 Å². The minimum atomic E-state index is -0.298. The van der Waals surface area contributed by atoms with Crippen LogP contribution in [0.3, 0.4) is 0 Å². The van der Waals surface area contributed by atoms with Gasteiger partial charge in [0.25, 0.3) is 5.91 Å². The summed E-state index contributed by atoms with van der Waals surface area (Å²) in [6, 6.07) is 6.51. The number of nitrogens with zero attached hydrogens (tertiary/aromatic N) is 2. The highest BCUT2D eigenvalue weighted by molar-refractivity contribution is 5.94. The summed E-state index contributed by atoms with van der Waals surface area (Å²) in [5.74, 6) is -0.417. The third kappa shape index (κ3) is 2.63. The molecule has 0 radical (unpaired) electrons. The van der Waals surface area contributed by atoms with Crippen LogP contribution >= 0.6 is 0 Å². The lowest BCUT2D eigenvalue weighted by Crippen LogP contribution is -2.36. The van der Waals surface area contributed by atoms with Crippen LogP contribution in [-0.4, -0.2) is 34.8 Å². The Balaban J connectivity index is 1.68. The molecule has 2 aliphatic rings. The number of fused-ring (bicyclic) bond motifs is 1. The van der Waals surface area contributed by atoms with Crippen molar-refractivity contribution in [3.05, 3.63) is 47.0 Å². The zero-order valence-electron chi connectivity index (χ0n) is 12.8. The first-order valence-electron chi connectivity index (χ1n) is 8.10. The Morgan fingerprint density at radius 3 is 3.09 bits per heavy atom. The fraction of sp³-hybridized carbons (Fsp3) is 0.412. The maximum absolute atomic E-state index is 13.5. The Morgan fingerprint density at radius 1 is 1.39 bits per heavy atom. The van der Waals surface area contributed by atoms with E-state index in [9.17, 15) is 9.18 Å². The van der Waals surface area contributed by atoms with Gasteiger partial charge in [0.15, 0.2) is 5.69 Å². The van der Waals surface area contributed by atoms with E-state index in [4.69, 9.17) is 0 Å². The van der Waals surface area contributed by atoms with Gasteiger partial charge in [0.2, 0.25) is 0 Å². The van der Waals surface area contributed by atoms with Crippen molar-refractivity contribution < 1.29 is 9.18 Å². The molecule has 6 heteroatoms. The smallest absolute Gasteiger partial charge is 0.272 e. The predicted octanol–water partition coefficient (Wildman–Crippen LogP) is 1.59. The van der Waals surface area contributed by atoms with E-state index in [-0.39, 0.29) is 17.8 Å². The van der Waals surface area contributed by atoms with Crippen molar-refractivity contribution in [1.82, 2.24) is 20.4 Å². The van der Waals surface area contributed by atoms with Crippen molar-refractivity contribution in [3.63, 3.8) is 0 Å². The van der Waals surface area contributed by atoms with Crippen LogP contribution in [0.1, 0.15) is 34.6 Å². The molecule has 2 heterocycles. The molecular formula is C17H19FN4O. The van der Waals surface area contributed by atoms with Crippen molar-refractivity contribution in [1.29, 1.82) is 0 Å². The SMILES string of the molecule is O=C(N[C@@H]1CCNC1)c1nn(-c2cccc(F)c2)c2c1CCC2. The average molecular weight is 314 g/mol. The van der Waals surface area contributed by atoms with Gasteiger partial charge in [0.05, 0.1) is 5.69 Å². The van der Waals surface area contributed by atoms with E-state index >= 15 is 0 Å². The first-order chi connectivity index (χ1) is 11.2. The van der Waals surface area contributed by atoms with Gasteiger partial charge in [-0.3, -0.25) is 4.79 Å². The molecule has 0 spiro atoms. The molecule has 0 saturated carbocycles. The molecular weight excluding hydrogens is 295 g/mol. The summed E-state index contributed by atoms with van der Waals surface area (Å²) in [5.41, 5.74) is 3.21. The molecule has 5 nitrogen and oxygen atoms in total. The molecule has 0 unspecified atom stereocenters. The first kappa shape index (κ1) is 14.4. The first-order valence-corrected chi connectivity index (χ1v) is 8.10. The van der Waals surface area contributed by atoms with Crippen molar-refractivity contribution in [3.8, 4) is 5.69 Å². The standard InChI is InChI=1S/C17H19FN4O/c18-11-3-1-4-13(9-11)22-15-6-2-5-14(15)16(21-22)17(23)20-12-7-8-19-10-12/h1,3-4,9,12,19H,2,5-8,10H2,(H,20,23)/t12-/m1/s1. The molecule has 1 fully saturated rings. The molecule has 1 aromatic heterocycles. The zero-order chi connectivity index (χ0) is 15.8. The molecule has 23 heavy (non-hydrogen) atoms. The van der Waals surface area contributed by atoms with Crippen molar-refractivity contribution in [2.45, 2.75) is 31.7 Å². The van der Waals surface area contributed by atoms with Crippen molar-refractivity contribution >= 4 is 5.91 Å². The highest BCUT2D eigenvalue weighted by atomic mass is 19.1. The van der Waals surface area contributed by atoms with Crippen LogP contribution in [0, 0.1) is 5.82 Å².